The van der Waals surface area contributed by atoms with Crippen molar-refractivity contribution in [3.05, 3.63) is 36.4 Å². The van der Waals surface area contributed by atoms with Crippen molar-refractivity contribution in [2.75, 3.05) is 5.32 Å². The molecule has 1 aliphatic carbocycles. The molecule has 0 bridgehead atoms. The van der Waals surface area contributed by atoms with Crippen LogP contribution in [0.15, 0.2) is 30.9 Å². The number of amides is 2. The monoisotopic (exact) mass is 439 g/mol. The first-order valence-electron chi connectivity index (χ1n) is 11.2. The van der Waals surface area contributed by atoms with Gasteiger partial charge in [0.15, 0.2) is 0 Å². The summed E-state index contributed by atoms with van der Waals surface area (Å²) in [5, 5.41) is 5.66. The molecular weight excluding hydrogens is 406 g/mol. The lowest BCUT2D eigenvalue weighted by atomic mass is 9.79. The number of rotatable bonds is 5. The van der Waals surface area contributed by atoms with Crippen LogP contribution in [0.5, 0.6) is 0 Å². The lowest BCUT2D eigenvalue weighted by molar-refractivity contribution is -0.119. The summed E-state index contributed by atoms with van der Waals surface area (Å²) in [5.41, 5.74) is 1.95. The van der Waals surface area contributed by atoms with Gasteiger partial charge >= 0.3 is 6.09 Å². The average Bonchev–Trinajstić information content (AvgIpc) is 2.72. The van der Waals surface area contributed by atoms with Crippen molar-refractivity contribution in [3.63, 3.8) is 0 Å². The number of aromatic nitrogens is 3. The van der Waals surface area contributed by atoms with E-state index in [9.17, 15) is 9.59 Å². The Bertz CT molecular complexity index is 931. The second kappa shape index (κ2) is 10.1. The molecule has 8 nitrogen and oxygen atoms in total. The Kier molecular flexibility index (Phi) is 7.43. The molecule has 1 saturated carbocycles. The summed E-state index contributed by atoms with van der Waals surface area (Å²) in [4.78, 5) is 38.3. The van der Waals surface area contributed by atoms with Crippen LogP contribution >= 0.6 is 0 Å². The molecule has 0 spiro atoms. The number of carbonyl (C=O) groups is 2. The number of aryl methyl sites for hydroxylation is 1. The van der Waals surface area contributed by atoms with E-state index in [0.717, 1.165) is 42.5 Å². The summed E-state index contributed by atoms with van der Waals surface area (Å²) < 4.78 is 5.40. The zero-order valence-electron chi connectivity index (χ0n) is 19.5. The Morgan fingerprint density at radius 1 is 1.09 bits per heavy atom. The molecule has 0 unspecified atom stereocenters. The van der Waals surface area contributed by atoms with E-state index >= 15 is 0 Å². The molecule has 1 atom stereocenters. The van der Waals surface area contributed by atoms with Crippen molar-refractivity contribution in [1.82, 2.24) is 20.3 Å². The van der Waals surface area contributed by atoms with E-state index in [4.69, 9.17) is 4.74 Å². The van der Waals surface area contributed by atoms with Gasteiger partial charge < -0.3 is 15.4 Å². The molecule has 1 aliphatic rings. The molecular formula is C24H33N5O3. The van der Waals surface area contributed by atoms with Crippen LogP contribution in [0.1, 0.15) is 58.9 Å². The van der Waals surface area contributed by atoms with E-state index in [1.165, 1.54) is 6.33 Å². The van der Waals surface area contributed by atoms with Crippen molar-refractivity contribution in [2.45, 2.75) is 71.9 Å². The maximum atomic E-state index is 13.2. The summed E-state index contributed by atoms with van der Waals surface area (Å²) in [6.45, 7) is 9.55. The number of hydrogen-bond donors (Lipinski definition) is 2. The van der Waals surface area contributed by atoms with Gasteiger partial charge in [0, 0.05) is 18.0 Å². The number of nitrogens with one attached hydrogen (secondary N) is 2. The van der Waals surface area contributed by atoms with E-state index in [0.29, 0.717) is 11.7 Å². The Labute approximate surface area is 189 Å². The van der Waals surface area contributed by atoms with Crippen LogP contribution in [-0.2, 0) is 9.53 Å². The highest BCUT2D eigenvalue weighted by Crippen LogP contribution is 2.31. The predicted octanol–water partition coefficient (Wildman–Crippen LogP) is 4.51. The number of ether oxygens (including phenoxy) is 1. The summed E-state index contributed by atoms with van der Waals surface area (Å²) >= 11 is 0. The maximum absolute atomic E-state index is 13.2. The van der Waals surface area contributed by atoms with Gasteiger partial charge in [-0.3, -0.25) is 4.79 Å². The first-order chi connectivity index (χ1) is 15.1. The van der Waals surface area contributed by atoms with Gasteiger partial charge in [-0.25, -0.2) is 19.7 Å². The molecule has 32 heavy (non-hydrogen) atoms. The lowest BCUT2D eigenvalue weighted by Crippen LogP contribution is -2.50. The zero-order valence-corrected chi connectivity index (χ0v) is 19.5. The zero-order chi connectivity index (χ0) is 23.3. The van der Waals surface area contributed by atoms with Crippen LogP contribution in [0.4, 0.5) is 10.6 Å². The largest absolute Gasteiger partial charge is 0.444 e. The quantitative estimate of drug-likeness (QED) is 0.710. The van der Waals surface area contributed by atoms with Gasteiger partial charge in [-0.15, -0.1) is 0 Å². The van der Waals surface area contributed by atoms with Gasteiger partial charge in [0.25, 0.3) is 0 Å². The highest BCUT2D eigenvalue weighted by atomic mass is 16.6. The van der Waals surface area contributed by atoms with Gasteiger partial charge in [0.05, 0.1) is 5.69 Å². The van der Waals surface area contributed by atoms with Crippen LogP contribution in [0.2, 0.25) is 0 Å². The molecule has 0 radical (unpaired) electrons. The molecule has 2 aromatic rings. The fourth-order valence-corrected chi connectivity index (χ4v) is 3.96. The van der Waals surface area contributed by atoms with Gasteiger partial charge in [0.2, 0.25) is 5.91 Å². The fraction of sp³-hybridized carbons (Fsp3) is 0.542. The Balaban J connectivity index is 1.72. The third-order valence-electron chi connectivity index (χ3n) is 5.67. The van der Waals surface area contributed by atoms with E-state index in [1.54, 1.807) is 39.2 Å². The normalized spacial score (nSPS) is 19.7. The van der Waals surface area contributed by atoms with Crippen LogP contribution < -0.4 is 10.6 Å². The van der Waals surface area contributed by atoms with Crippen molar-refractivity contribution < 1.29 is 14.3 Å². The number of carbonyl (C=O) groups excluding carboxylic acids is 2. The summed E-state index contributed by atoms with van der Waals surface area (Å²) in [6, 6.07) is 2.92. The van der Waals surface area contributed by atoms with Crippen LogP contribution in [-0.4, -0.2) is 38.6 Å². The van der Waals surface area contributed by atoms with Crippen molar-refractivity contribution in [2.24, 2.45) is 11.8 Å². The van der Waals surface area contributed by atoms with Gasteiger partial charge in [0.1, 0.15) is 23.8 Å². The second-order valence-electron chi connectivity index (χ2n) is 9.62. The minimum Gasteiger partial charge on any atom is -0.444 e. The van der Waals surface area contributed by atoms with Crippen molar-refractivity contribution in [1.29, 1.82) is 0 Å². The van der Waals surface area contributed by atoms with Crippen molar-refractivity contribution >= 4 is 17.8 Å². The molecule has 8 heteroatoms. The molecule has 0 aliphatic heterocycles. The number of pyridine rings is 1. The van der Waals surface area contributed by atoms with Crippen LogP contribution in [0, 0.1) is 18.8 Å². The Morgan fingerprint density at radius 3 is 2.41 bits per heavy atom. The molecule has 2 aromatic heterocycles. The molecule has 0 aromatic carbocycles. The standard InChI is InChI=1S/C24H33N5O3/c1-15-6-8-17(9-7-15)21(29-23(31)32-24(3,4)5)22(30)28-19-11-10-18(13-26-19)20-16(2)12-25-14-27-20/h10-15,17,21H,6-9H2,1-5H3,(H,29,31)(H,26,28,30)/t15?,17?,21-/m0/s1. The van der Waals surface area contributed by atoms with Crippen LogP contribution in [0.25, 0.3) is 11.3 Å². The minimum absolute atomic E-state index is 0.0571. The topological polar surface area (TPSA) is 106 Å². The van der Waals surface area contributed by atoms with E-state index < -0.39 is 17.7 Å². The number of nitrogens with zero attached hydrogens (tertiary/aromatic N) is 3. The highest BCUT2D eigenvalue weighted by molar-refractivity contribution is 5.96. The van der Waals surface area contributed by atoms with Gasteiger partial charge in [-0.1, -0.05) is 19.8 Å². The highest BCUT2D eigenvalue weighted by Gasteiger charge is 2.34. The van der Waals surface area contributed by atoms with E-state index in [-0.39, 0.29) is 11.8 Å². The van der Waals surface area contributed by atoms with Crippen LogP contribution in [0.3, 0.4) is 0 Å². The fourth-order valence-electron chi connectivity index (χ4n) is 3.96. The molecule has 2 N–H and O–H groups in total. The number of anilines is 1. The first-order valence-corrected chi connectivity index (χ1v) is 11.2. The first kappa shape index (κ1) is 23.6. The van der Waals surface area contributed by atoms with E-state index in [1.807, 2.05) is 13.0 Å². The summed E-state index contributed by atoms with van der Waals surface area (Å²) in [6.07, 6.45) is 8.17. The van der Waals surface area contributed by atoms with Gasteiger partial charge in [-0.05, 0) is 70.1 Å². The molecule has 172 valence electrons. The SMILES string of the molecule is Cc1cncnc1-c1ccc(NC(=O)[C@@H](NC(=O)OC(C)(C)C)C2CCC(C)CC2)nc1. The lowest BCUT2D eigenvalue weighted by Gasteiger charge is -2.32. The number of alkyl carbamates (subject to hydrolysis) is 1. The smallest absolute Gasteiger partial charge is 0.408 e. The number of hydrogen-bond acceptors (Lipinski definition) is 6. The second-order valence-corrected chi connectivity index (χ2v) is 9.62. The third-order valence-corrected chi connectivity index (χ3v) is 5.67. The molecule has 0 saturated heterocycles. The molecule has 2 amide bonds. The molecule has 3 rings (SSSR count). The summed E-state index contributed by atoms with van der Waals surface area (Å²) in [5.74, 6) is 0.831. The molecule has 2 heterocycles. The Morgan fingerprint density at radius 2 is 1.81 bits per heavy atom. The summed E-state index contributed by atoms with van der Waals surface area (Å²) in [7, 11) is 0. The Hall–Kier alpha value is -3.03. The third kappa shape index (κ3) is 6.48. The van der Waals surface area contributed by atoms with E-state index in [2.05, 4.69) is 32.5 Å². The maximum Gasteiger partial charge on any atom is 0.408 e. The van der Waals surface area contributed by atoms with Gasteiger partial charge in [-0.2, -0.15) is 0 Å². The average molecular weight is 440 g/mol. The predicted molar refractivity (Wildman–Crippen MR) is 123 cm³/mol. The molecule has 1 fully saturated rings. The van der Waals surface area contributed by atoms with Crippen molar-refractivity contribution in [3.8, 4) is 11.3 Å². The minimum atomic E-state index is -0.678.